The lowest BCUT2D eigenvalue weighted by Crippen LogP contribution is -2.15. The first-order chi connectivity index (χ1) is 9.67. The highest BCUT2D eigenvalue weighted by Crippen LogP contribution is 2.15. The van der Waals surface area contributed by atoms with Crippen molar-refractivity contribution in [3.63, 3.8) is 0 Å². The van der Waals surface area contributed by atoms with Crippen molar-refractivity contribution >= 4 is 11.7 Å². The number of nitrogens with one attached hydrogen (secondary N) is 1. The van der Waals surface area contributed by atoms with Gasteiger partial charge in [-0.3, -0.25) is 0 Å². The average molecular weight is 277 g/mol. The van der Waals surface area contributed by atoms with Crippen LogP contribution in [-0.2, 0) is 4.74 Å². The topological polar surface area (TPSA) is 38.3 Å². The van der Waals surface area contributed by atoms with Crippen LogP contribution in [-0.4, -0.2) is 18.6 Å². The summed E-state index contributed by atoms with van der Waals surface area (Å²) in [6, 6.07) is 7.95. The molecule has 112 valence electrons. The van der Waals surface area contributed by atoms with Crippen molar-refractivity contribution in [2.45, 2.75) is 58.9 Å². The molecule has 0 spiro atoms. The van der Waals surface area contributed by atoms with E-state index < -0.39 is 0 Å². The summed E-state index contributed by atoms with van der Waals surface area (Å²) in [6.07, 6.45) is 6.28. The van der Waals surface area contributed by atoms with E-state index in [-0.39, 0.29) is 5.97 Å². The van der Waals surface area contributed by atoms with Gasteiger partial charge in [0.15, 0.2) is 0 Å². The van der Waals surface area contributed by atoms with Crippen LogP contribution >= 0.6 is 0 Å². The van der Waals surface area contributed by atoms with Gasteiger partial charge in [-0.05, 0) is 38.5 Å². The number of benzene rings is 1. The second-order valence-electron chi connectivity index (χ2n) is 5.20. The van der Waals surface area contributed by atoms with E-state index in [1.165, 1.54) is 25.7 Å². The van der Waals surface area contributed by atoms with Crippen LogP contribution in [0.1, 0.15) is 63.2 Å². The molecule has 0 saturated heterocycles. The lowest BCUT2D eigenvalue weighted by atomic mass is 10.1. The first-order valence-electron chi connectivity index (χ1n) is 7.71. The van der Waals surface area contributed by atoms with Crippen molar-refractivity contribution in [1.82, 2.24) is 0 Å². The third kappa shape index (κ3) is 6.09. The first kappa shape index (κ1) is 16.5. The van der Waals surface area contributed by atoms with Gasteiger partial charge in [0.05, 0.1) is 12.2 Å². The van der Waals surface area contributed by atoms with E-state index in [0.717, 1.165) is 12.1 Å². The van der Waals surface area contributed by atoms with Gasteiger partial charge in [0.2, 0.25) is 0 Å². The molecule has 0 bridgehead atoms. The smallest absolute Gasteiger partial charge is 0.338 e. The number of hydrogen-bond acceptors (Lipinski definition) is 3. The molecule has 20 heavy (non-hydrogen) atoms. The molecule has 0 aliphatic heterocycles. The quantitative estimate of drug-likeness (QED) is 0.528. The SMILES string of the molecule is CCCCCCC(C)Nc1cccc(C(=O)OCC)c1. The van der Waals surface area contributed by atoms with E-state index in [9.17, 15) is 4.79 Å². The Morgan fingerprint density at radius 1 is 1.25 bits per heavy atom. The Bertz CT molecular complexity index is 404. The number of carbonyl (C=O) groups excluding carboxylic acids is 1. The summed E-state index contributed by atoms with van der Waals surface area (Å²) in [5, 5.41) is 3.45. The van der Waals surface area contributed by atoms with Crippen LogP contribution in [0, 0.1) is 0 Å². The molecule has 0 fully saturated rings. The second kappa shape index (κ2) is 9.40. The Morgan fingerprint density at radius 3 is 2.75 bits per heavy atom. The van der Waals surface area contributed by atoms with Crippen molar-refractivity contribution in [3.05, 3.63) is 29.8 Å². The van der Waals surface area contributed by atoms with Crippen LogP contribution < -0.4 is 5.32 Å². The summed E-state index contributed by atoms with van der Waals surface area (Å²) < 4.78 is 5.01. The minimum atomic E-state index is -0.258. The summed E-state index contributed by atoms with van der Waals surface area (Å²) in [5.74, 6) is -0.258. The van der Waals surface area contributed by atoms with E-state index >= 15 is 0 Å². The van der Waals surface area contributed by atoms with Gasteiger partial charge in [0.1, 0.15) is 0 Å². The normalized spacial score (nSPS) is 11.9. The Balaban J connectivity index is 2.46. The maximum atomic E-state index is 11.7. The van der Waals surface area contributed by atoms with Gasteiger partial charge >= 0.3 is 5.97 Å². The van der Waals surface area contributed by atoms with Crippen LogP contribution in [0.5, 0.6) is 0 Å². The number of rotatable bonds is 9. The largest absolute Gasteiger partial charge is 0.462 e. The zero-order valence-corrected chi connectivity index (χ0v) is 12.9. The third-order valence-electron chi connectivity index (χ3n) is 3.28. The number of esters is 1. The predicted molar refractivity (Wildman–Crippen MR) is 84.2 cm³/mol. The highest BCUT2D eigenvalue weighted by atomic mass is 16.5. The summed E-state index contributed by atoms with van der Waals surface area (Å²) >= 11 is 0. The Kier molecular flexibility index (Phi) is 7.78. The fourth-order valence-corrected chi connectivity index (χ4v) is 2.18. The fourth-order valence-electron chi connectivity index (χ4n) is 2.18. The minimum Gasteiger partial charge on any atom is -0.462 e. The van der Waals surface area contributed by atoms with Crippen molar-refractivity contribution in [1.29, 1.82) is 0 Å². The summed E-state index contributed by atoms with van der Waals surface area (Å²) in [5.41, 5.74) is 1.59. The Hall–Kier alpha value is -1.51. The lowest BCUT2D eigenvalue weighted by molar-refractivity contribution is 0.0526. The average Bonchev–Trinajstić information content (AvgIpc) is 2.44. The molecule has 1 rings (SSSR count). The second-order valence-corrected chi connectivity index (χ2v) is 5.20. The molecule has 1 unspecified atom stereocenters. The van der Waals surface area contributed by atoms with E-state index in [2.05, 4.69) is 19.2 Å². The molecule has 0 aromatic heterocycles. The molecule has 3 heteroatoms. The molecular weight excluding hydrogens is 250 g/mol. The lowest BCUT2D eigenvalue weighted by Gasteiger charge is -2.15. The van der Waals surface area contributed by atoms with Crippen LogP contribution in [0.3, 0.4) is 0 Å². The molecule has 1 N–H and O–H groups in total. The molecule has 0 aliphatic rings. The van der Waals surface area contributed by atoms with Crippen molar-refractivity contribution in [2.75, 3.05) is 11.9 Å². The first-order valence-corrected chi connectivity index (χ1v) is 7.71. The van der Waals surface area contributed by atoms with Gasteiger partial charge in [-0.1, -0.05) is 38.7 Å². The molecule has 0 saturated carbocycles. The maximum Gasteiger partial charge on any atom is 0.338 e. The zero-order valence-electron chi connectivity index (χ0n) is 12.9. The molecule has 0 aliphatic carbocycles. The zero-order chi connectivity index (χ0) is 14.8. The number of anilines is 1. The minimum absolute atomic E-state index is 0.258. The van der Waals surface area contributed by atoms with Gasteiger partial charge in [-0.2, -0.15) is 0 Å². The Morgan fingerprint density at radius 2 is 2.05 bits per heavy atom. The standard InChI is InChI=1S/C17H27NO2/c1-4-6-7-8-10-14(3)18-16-12-9-11-15(13-16)17(19)20-5-2/h9,11-14,18H,4-8,10H2,1-3H3. The molecule has 3 nitrogen and oxygen atoms in total. The van der Waals surface area contributed by atoms with Crippen molar-refractivity contribution < 1.29 is 9.53 Å². The van der Waals surface area contributed by atoms with Crippen LogP contribution in [0.4, 0.5) is 5.69 Å². The fraction of sp³-hybridized carbons (Fsp3) is 0.588. The van der Waals surface area contributed by atoms with Crippen LogP contribution in [0.25, 0.3) is 0 Å². The van der Waals surface area contributed by atoms with Gasteiger partial charge in [-0.15, -0.1) is 0 Å². The Labute approximate surface area is 122 Å². The molecule has 1 aromatic carbocycles. The molecule has 0 amide bonds. The summed E-state index contributed by atoms with van der Waals surface area (Å²) in [7, 11) is 0. The van der Waals surface area contributed by atoms with Crippen molar-refractivity contribution in [2.24, 2.45) is 0 Å². The monoisotopic (exact) mass is 277 g/mol. The molecule has 1 atom stereocenters. The highest BCUT2D eigenvalue weighted by Gasteiger charge is 2.08. The predicted octanol–water partition coefficient (Wildman–Crippen LogP) is 4.63. The van der Waals surface area contributed by atoms with Gasteiger partial charge in [0.25, 0.3) is 0 Å². The highest BCUT2D eigenvalue weighted by molar-refractivity contribution is 5.90. The number of ether oxygens (including phenoxy) is 1. The molecular formula is C17H27NO2. The van der Waals surface area contributed by atoms with Gasteiger partial charge < -0.3 is 10.1 Å². The van der Waals surface area contributed by atoms with Gasteiger partial charge in [-0.25, -0.2) is 4.79 Å². The number of unbranched alkanes of at least 4 members (excludes halogenated alkanes) is 3. The van der Waals surface area contributed by atoms with E-state index in [4.69, 9.17) is 4.74 Å². The third-order valence-corrected chi connectivity index (χ3v) is 3.28. The molecule has 0 radical (unpaired) electrons. The van der Waals surface area contributed by atoms with Gasteiger partial charge in [0, 0.05) is 11.7 Å². The van der Waals surface area contributed by atoms with Crippen molar-refractivity contribution in [3.8, 4) is 0 Å². The van der Waals surface area contributed by atoms with E-state index in [1.807, 2.05) is 25.1 Å². The van der Waals surface area contributed by atoms with Crippen LogP contribution in [0.15, 0.2) is 24.3 Å². The summed E-state index contributed by atoms with van der Waals surface area (Å²) in [4.78, 5) is 11.7. The maximum absolute atomic E-state index is 11.7. The van der Waals surface area contributed by atoms with E-state index in [1.54, 1.807) is 6.07 Å². The van der Waals surface area contributed by atoms with Crippen LogP contribution in [0.2, 0.25) is 0 Å². The molecule has 0 heterocycles. The summed E-state index contributed by atoms with van der Waals surface area (Å²) in [6.45, 7) is 6.63. The number of hydrogen-bond donors (Lipinski definition) is 1. The van der Waals surface area contributed by atoms with E-state index in [0.29, 0.717) is 18.2 Å². The number of carbonyl (C=O) groups is 1. The molecule has 1 aromatic rings.